The van der Waals surface area contributed by atoms with E-state index in [4.69, 9.17) is 5.53 Å². The van der Waals surface area contributed by atoms with Gasteiger partial charge in [0.05, 0.1) is 11.8 Å². The van der Waals surface area contributed by atoms with Gasteiger partial charge in [0.25, 0.3) is 0 Å². The highest BCUT2D eigenvalue weighted by Gasteiger charge is 2.60. The summed E-state index contributed by atoms with van der Waals surface area (Å²) in [5.74, 6) is 0.283. The number of nitrogens with zero attached hydrogens (tertiary/aromatic N) is 2. The molecule has 14 heavy (non-hydrogen) atoms. The lowest BCUT2D eigenvalue weighted by molar-refractivity contribution is -0.132. The summed E-state index contributed by atoms with van der Waals surface area (Å²) >= 11 is 0. The van der Waals surface area contributed by atoms with Gasteiger partial charge in [-0.2, -0.15) is 4.79 Å². The van der Waals surface area contributed by atoms with Crippen LogP contribution in [0.2, 0.25) is 0 Å². The highest BCUT2D eigenvalue weighted by atomic mass is 16.1. The molecule has 0 amide bonds. The number of hydrogen-bond acceptors (Lipinski definition) is 1. The van der Waals surface area contributed by atoms with Crippen molar-refractivity contribution in [1.82, 2.24) is 0 Å². The molecule has 0 aliphatic heterocycles. The van der Waals surface area contributed by atoms with E-state index < -0.39 is 5.41 Å². The molecule has 0 N–H and O–H groups in total. The molecule has 1 fully saturated rings. The van der Waals surface area contributed by atoms with Gasteiger partial charge in [-0.25, -0.2) is 0 Å². The van der Waals surface area contributed by atoms with Crippen LogP contribution in [-0.2, 0) is 4.79 Å². The average molecular weight is 190 g/mol. The largest absolute Gasteiger partial charge is 0.361 e. The smallest absolute Gasteiger partial charge is 0.335 e. The number of Topliss-reactive ketones (excluding diaryl/α,β-unsaturated/α-hetero) is 1. The first-order chi connectivity index (χ1) is 6.43. The number of carbonyl (C=O) groups is 1. The number of rotatable bonds is 0. The van der Waals surface area contributed by atoms with Crippen molar-refractivity contribution in [1.29, 1.82) is 0 Å². The zero-order chi connectivity index (χ0) is 10.6. The molecule has 2 rings (SSSR count). The summed E-state index contributed by atoms with van der Waals surface area (Å²) in [6.07, 6.45) is 4.61. The summed E-state index contributed by atoms with van der Waals surface area (Å²) in [6, 6.07) is 0. The molecular weight excluding hydrogens is 176 g/mol. The molecule has 74 valence electrons. The van der Waals surface area contributed by atoms with Crippen LogP contribution in [0.5, 0.6) is 0 Å². The molecule has 0 spiro atoms. The fourth-order valence-electron chi connectivity index (χ4n) is 2.53. The van der Waals surface area contributed by atoms with Gasteiger partial charge >= 0.3 is 5.71 Å². The molecule has 2 bridgehead atoms. The molecule has 2 aliphatic carbocycles. The average Bonchev–Trinajstić information content (AvgIpc) is 2.29. The number of allylic oxidation sites excluding steroid dienone is 2. The van der Waals surface area contributed by atoms with Crippen molar-refractivity contribution in [3.05, 3.63) is 17.7 Å². The maximum atomic E-state index is 12.0. The maximum absolute atomic E-state index is 12.0. The van der Waals surface area contributed by atoms with E-state index >= 15 is 0 Å². The minimum Gasteiger partial charge on any atom is -0.361 e. The van der Waals surface area contributed by atoms with Crippen molar-refractivity contribution in [3.63, 3.8) is 0 Å². The molecule has 3 nitrogen and oxygen atoms in total. The highest BCUT2D eigenvalue weighted by Crippen LogP contribution is 2.56. The van der Waals surface area contributed by atoms with E-state index in [2.05, 4.69) is 24.7 Å². The van der Waals surface area contributed by atoms with E-state index in [-0.39, 0.29) is 11.2 Å². The summed E-state index contributed by atoms with van der Waals surface area (Å²) in [5.41, 5.74) is 8.52. The van der Waals surface area contributed by atoms with Crippen LogP contribution in [0.15, 0.2) is 12.2 Å². The van der Waals surface area contributed by atoms with Gasteiger partial charge in [-0.3, -0.25) is 4.79 Å². The Morgan fingerprint density at radius 1 is 1.50 bits per heavy atom. The summed E-state index contributed by atoms with van der Waals surface area (Å²) < 4.78 is 0. The topological polar surface area (TPSA) is 53.5 Å². The molecule has 2 atom stereocenters. The number of fused-ring (bicyclic) bond motifs is 2. The lowest BCUT2D eigenvalue weighted by Gasteiger charge is -2.42. The van der Waals surface area contributed by atoms with Gasteiger partial charge in [0.2, 0.25) is 5.78 Å². The van der Waals surface area contributed by atoms with Gasteiger partial charge < -0.3 is 5.53 Å². The van der Waals surface area contributed by atoms with Gasteiger partial charge in [-0.05, 0) is 18.3 Å². The third-order valence-electron chi connectivity index (χ3n) is 4.20. The maximum Gasteiger partial charge on any atom is 0.335 e. The third-order valence-corrected chi connectivity index (χ3v) is 4.20. The Kier molecular flexibility index (Phi) is 1.62. The molecule has 1 saturated carbocycles. The van der Waals surface area contributed by atoms with Crippen LogP contribution in [0.25, 0.3) is 5.53 Å². The zero-order valence-corrected chi connectivity index (χ0v) is 8.74. The van der Waals surface area contributed by atoms with Crippen LogP contribution in [0.4, 0.5) is 0 Å². The number of ketones is 1. The van der Waals surface area contributed by atoms with E-state index in [9.17, 15) is 4.79 Å². The van der Waals surface area contributed by atoms with Crippen molar-refractivity contribution in [3.8, 4) is 0 Å². The predicted octanol–water partition coefficient (Wildman–Crippen LogP) is 1.85. The van der Waals surface area contributed by atoms with Crippen molar-refractivity contribution >= 4 is 11.5 Å². The summed E-state index contributed by atoms with van der Waals surface area (Å²) in [7, 11) is 0. The Morgan fingerprint density at radius 3 is 2.71 bits per heavy atom. The Morgan fingerprint density at radius 2 is 2.14 bits per heavy atom. The molecule has 0 heterocycles. The lowest BCUT2D eigenvalue weighted by atomic mass is 9.57. The van der Waals surface area contributed by atoms with Crippen molar-refractivity contribution in [2.75, 3.05) is 0 Å². The minimum atomic E-state index is -0.489. The fraction of sp³-hybridized carbons (Fsp3) is 0.636. The van der Waals surface area contributed by atoms with Crippen LogP contribution in [0.3, 0.4) is 0 Å². The third kappa shape index (κ3) is 0.807. The normalized spacial score (nSPS) is 38.6. The molecule has 0 saturated heterocycles. The second kappa shape index (κ2) is 2.43. The van der Waals surface area contributed by atoms with Gasteiger partial charge in [-0.1, -0.05) is 26.0 Å². The molecule has 2 aliphatic rings. The van der Waals surface area contributed by atoms with Gasteiger partial charge in [0, 0.05) is 0 Å². The first-order valence-corrected chi connectivity index (χ1v) is 4.88. The second-order valence-electron chi connectivity index (χ2n) is 4.97. The summed E-state index contributed by atoms with van der Waals surface area (Å²) in [5, 5.41) is 0. The van der Waals surface area contributed by atoms with Crippen LogP contribution in [-0.4, -0.2) is 16.3 Å². The fourth-order valence-corrected chi connectivity index (χ4v) is 2.53. The molecule has 3 heteroatoms. The van der Waals surface area contributed by atoms with Crippen LogP contribution in [0.1, 0.15) is 27.2 Å². The van der Waals surface area contributed by atoms with Crippen LogP contribution in [0, 0.1) is 16.7 Å². The van der Waals surface area contributed by atoms with Crippen molar-refractivity contribution in [2.45, 2.75) is 27.2 Å². The standard InChI is InChI=1S/C11H14N2O/c1-10(2)7-4-5-11(10,3)9(14)8(6-7)13-12/h4-5,7H,6H2,1-3H3. The van der Waals surface area contributed by atoms with Gasteiger partial charge in [0.15, 0.2) is 0 Å². The summed E-state index contributed by atoms with van der Waals surface area (Å²) in [6.45, 7) is 6.13. The Balaban J connectivity index is 2.59. The first kappa shape index (κ1) is 9.35. The highest BCUT2D eigenvalue weighted by molar-refractivity contribution is 6.41. The molecule has 2 unspecified atom stereocenters. The first-order valence-electron chi connectivity index (χ1n) is 4.88. The van der Waals surface area contributed by atoms with E-state index in [1.165, 1.54) is 0 Å². The van der Waals surface area contributed by atoms with Gasteiger partial charge in [0.1, 0.15) is 0 Å². The lowest BCUT2D eigenvalue weighted by Crippen LogP contribution is -2.49. The Labute approximate surface area is 83.4 Å². The van der Waals surface area contributed by atoms with Gasteiger partial charge in [-0.15, -0.1) is 0 Å². The molecule has 0 aromatic carbocycles. The van der Waals surface area contributed by atoms with E-state index in [1.807, 2.05) is 13.0 Å². The SMILES string of the molecule is CC12C=CC(CC(=[N+]=[N-])C1=O)C2(C)C. The van der Waals surface area contributed by atoms with Crippen molar-refractivity contribution in [2.24, 2.45) is 16.7 Å². The van der Waals surface area contributed by atoms with Crippen LogP contribution < -0.4 is 0 Å². The summed E-state index contributed by atoms with van der Waals surface area (Å²) in [4.78, 5) is 15.1. The number of carbonyl (C=O) groups excluding carboxylic acids is 1. The van der Waals surface area contributed by atoms with E-state index in [0.29, 0.717) is 18.1 Å². The zero-order valence-electron chi connectivity index (χ0n) is 8.74. The monoisotopic (exact) mass is 190 g/mol. The van der Waals surface area contributed by atoms with E-state index in [1.54, 1.807) is 0 Å². The van der Waals surface area contributed by atoms with Crippen LogP contribution >= 0.6 is 0 Å². The quantitative estimate of drug-likeness (QED) is 0.326. The molecule has 0 radical (unpaired) electrons. The minimum absolute atomic E-state index is 0.0324. The Hall–Kier alpha value is -1.21. The predicted molar refractivity (Wildman–Crippen MR) is 52.8 cm³/mol. The molecule has 0 aromatic heterocycles. The number of hydrogen-bond donors (Lipinski definition) is 0. The van der Waals surface area contributed by atoms with Crippen molar-refractivity contribution < 1.29 is 9.58 Å². The Bertz CT molecular complexity index is 388. The molecule has 0 aromatic rings. The second-order valence-corrected chi connectivity index (χ2v) is 4.97. The molecular formula is C11H14N2O. The van der Waals surface area contributed by atoms with E-state index in [0.717, 1.165) is 0 Å².